The number of nitrogens with two attached hydrogens (primary N) is 1. The molecule has 2 aromatic rings. The lowest BCUT2D eigenvalue weighted by Crippen LogP contribution is -2.45. The molecule has 0 saturated heterocycles. The van der Waals surface area contributed by atoms with Crippen molar-refractivity contribution in [1.82, 2.24) is 5.32 Å². The zero-order chi connectivity index (χ0) is 18.6. The first-order valence-corrected chi connectivity index (χ1v) is 8.10. The number of hydrogen-bond donors (Lipinski definition) is 2. The van der Waals surface area contributed by atoms with E-state index in [0.717, 1.165) is 11.1 Å². The Morgan fingerprint density at radius 3 is 2.15 bits per heavy atom. The fourth-order valence-electron chi connectivity index (χ4n) is 2.62. The van der Waals surface area contributed by atoms with Crippen molar-refractivity contribution >= 4 is 24.0 Å². The normalized spacial score (nSPS) is 13.2. The van der Waals surface area contributed by atoms with Gasteiger partial charge in [0.2, 0.25) is 5.91 Å². The van der Waals surface area contributed by atoms with Gasteiger partial charge in [-0.15, -0.1) is 12.4 Å². The van der Waals surface area contributed by atoms with Gasteiger partial charge in [0.15, 0.2) is 0 Å². The van der Waals surface area contributed by atoms with Gasteiger partial charge in [-0.2, -0.15) is 0 Å². The number of non-ortho nitro benzene ring substituents is 1. The Kier molecular flexibility index (Phi) is 7.29. The van der Waals surface area contributed by atoms with Crippen LogP contribution in [0.5, 0.6) is 0 Å². The Bertz CT molecular complexity index is 748. The number of nitro groups is 1. The van der Waals surface area contributed by atoms with E-state index < -0.39 is 22.4 Å². The molecule has 0 fully saturated rings. The molecule has 0 aliphatic rings. The lowest BCUT2D eigenvalue weighted by Gasteiger charge is -2.30. The maximum Gasteiger partial charge on any atom is 0.269 e. The Hall–Kier alpha value is -2.44. The van der Waals surface area contributed by atoms with Crippen molar-refractivity contribution in [3.05, 3.63) is 75.8 Å². The zero-order valence-corrected chi connectivity index (χ0v) is 15.8. The summed E-state index contributed by atoms with van der Waals surface area (Å²) < 4.78 is 0. The summed E-state index contributed by atoms with van der Waals surface area (Å²) in [5.41, 5.74) is 7.25. The monoisotopic (exact) mass is 377 g/mol. The first-order valence-electron chi connectivity index (χ1n) is 8.10. The molecule has 0 saturated carbocycles. The molecule has 3 N–H and O–H groups in total. The van der Waals surface area contributed by atoms with E-state index in [2.05, 4.69) is 5.32 Å². The van der Waals surface area contributed by atoms with Gasteiger partial charge in [-0.25, -0.2) is 0 Å². The Labute approximate surface area is 159 Å². The van der Waals surface area contributed by atoms with Crippen LogP contribution in [-0.2, 0) is 10.3 Å². The maximum absolute atomic E-state index is 12.6. The predicted octanol–water partition coefficient (Wildman–Crippen LogP) is 3.70. The van der Waals surface area contributed by atoms with Crippen molar-refractivity contribution in [1.29, 1.82) is 0 Å². The van der Waals surface area contributed by atoms with Gasteiger partial charge in [0, 0.05) is 18.2 Å². The quantitative estimate of drug-likeness (QED) is 0.592. The molecule has 0 radical (unpaired) electrons. The van der Waals surface area contributed by atoms with Crippen LogP contribution in [0.3, 0.4) is 0 Å². The predicted molar refractivity (Wildman–Crippen MR) is 104 cm³/mol. The summed E-state index contributed by atoms with van der Waals surface area (Å²) in [6.07, 6.45) is 0. The average molecular weight is 378 g/mol. The zero-order valence-electron chi connectivity index (χ0n) is 15.0. The molecule has 0 bridgehead atoms. The number of amides is 1. The molecule has 1 amide bonds. The van der Waals surface area contributed by atoms with Crippen LogP contribution in [0.1, 0.15) is 37.9 Å². The SMILES string of the molecule is CC(C(=O)NC(C)(C)c1ccc([N+](=O)[O-])cc1)C(N)c1ccccc1.Cl. The van der Waals surface area contributed by atoms with E-state index in [-0.39, 0.29) is 24.0 Å². The third kappa shape index (κ3) is 5.03. The number of halogens is 1. The summed E-state index contributed by atoms with van der Waals surface area (Å²) in [4.78, 5) is 22.9. The minimum absolute atomic E-state index is 0. The molecule has 2 unspecified atom stereocenters. The molecule has 7 heteroatoms. The molecule has 26 heavy (non-hydrogen) atoms. The largest absolute Gasteiger partial charge is 0.347 e. The molecule has 0 heterocycles. The molecule has 0 aliphatic heterocycles. The Morgan fingerprint density at radius 1 is 1.12 bits per heavy atom. The first kappa shape index (κ1) is 21.6. The van der Waals surface area contributed by atoms with Crippen LogP contribution in [0.25, 0.3) is 0 Å². The molecule has 0 spiro atoms. The van der Waals surface area contributed by atoms with Crippen LogP contribution >= 0.6 is 12.4 Å². The van der Waals surface area contributed by atoms with E-state index in [0.29, 0.717) is 0 Å². The van der Waals surface area contributed by atoms with Crippen molar-refractivity contribution in [2.75, 3.05) is 0 Å². The number of benzene rings is 2. The molecule has 140 valence electrons. The van der Waals surface area contributed by atoms with Gasteiger partial charge >= 0.3 is 0 Å². The molecule has 2 aromatic carbocycles. The van der Waals surface area contributed by atoms with Crippen molar-refractivity contribution in [3.63, 3.8) is 0 Å². The number of hydrogen-bond acceptors (Lipinski definition) is 4. The van der Waals surface area contributed by atoms with Gasteiger partial charge < -0.3 is 11.1 Å². The number of carbonyl (C=O) groups excluding carboxylic acids is 1. The van der Waals surface area contributed by atoms with E-state index in [1.54, 1.807) is 19.1 Å². The van der Waals surface area contributed by atoms with E-state index >= 15 is 0 Å². The highest BCUT2D eigenvalue weighted by Crippen LogP contribution is 2.25. The number of carbonyl (C=O) groups is 1. The smallest absolute Gasteiger partial charge is 0.269 e. The Morgan fingerprint density at radius 2 is 1.65 bits per heavy atom. The molecule has 0 aromatic heterocycles. The topological polar surface area (TPSA) is 98.3 Å². The minimum atomic E-state index is -0.670. The lowest BCUT2D eigenvalue weighted by atomic mass is 9.90. The standard InChI is InChI=1S/C19H23N3O3.ClH/c1-13(17(20)14-7-5-4-6-8-14)18(23)21-19(2,3)15-9-11-16(12-10-15)22(24)25;/h4-13,17H,20H2,1-3H3,(H,21,23);1H. The molecular formula is C19H24ClN3O3. The van der Waals surface area contributed by atoms with Crippen LogP contribution in [0.2, 0.25) is 0 Å². The van der Waals surface area contributed by atoms with Crippen molar-refractivity contribution in [2.24, 2.45) is 11.7 Å². The average Bonchev–Trinajstić information content (AvgIpc) is 2.60. The summed E-state index contributed by atoms with van der Waals surface area (Å²) in [5.74, 6) is -0.584. The highest BCUT2D eigenvalue weighted by Gasteiger charge is 2.29. The third-order valence-corrected chi connectivity index (χ3v) is 4.37. The van der Waals surface area contributed by atoms with Crippen LogP contribution < -0.4 is 11.1 Å². The highest BCUT2D eigenvalue weighted by molar-refractivity contribution is 5.85. The molecule has 2 atom stereocenters. The fourth-order valence-corrected chi connectivity index (χ4v) is 2.62. The van der Waals surface area contributed by atoms with Gasteiger partial charge in [0.25, 0.3) is 5.69 Å². The minimum Gasteiger partial charge on any atom is -0.347 e. The lowest BCUT2D eigenvalue weighted by molar-refractivity contribution is -0.384. The second kappa shape index (κ2) is 8.78. The summed E-state index contributed by atoms with van der Waals surface area (Å²) in [5, 5.41) is 13.7. The summed E-state index contributed by atoms with van der Waals surface area (Å²) in [7, 11) is 0. The maximum atomic E-state index is 12.6. The van der Waals surface area contributed by atoms with Crippen molar-refractivity contribution in [2.45, 2.75) is 32.4 Å². The molecule has 6 nitrogen and oxygen atoms in total. The fraction of sp³-hybridized carbons (Fsp3) is 0.316. The number of nitrogens with one attached hydrogen (secondary N) is 1. The van der Waals surface area contributed by atoms with Gasteiger partial charge in [0.05, 0.1) is 16.4 Å². The van der Waals surface area contributed by atoms with Crippen molar-refractivity contribution < 1.29 is 9.72 Å². The van der Waals surface area contributed by atoms with Gasteiger partial charge in [0.1, 0.15) is 0 Å². The summed E-state index contributed by atoms with van der Waals surface area (Å²) >= 11 is 0. The van der Waals surface area contributed by atoms with Crippen LogP contribution in [0.15, 0.2) is 54.6 Å². The Balaban J connectivity index is 0.00000338. The molecular weight excluding hydrogens is 354 g/mol. The van der Waals surface area contributed by atoms with Crippen LogP contribution in [0.4, 0.5) is 5.69 Å². The summed E-state index contributed by atoms with van der Waals surface area (Å²) in [6.45, 7) is 5.50. The second-order valence-electron chi connectivity index (χ2n) is 6.64. The highest BCUT2D eigenvalue weighted by atomic mass is 35.5. The number of nitrogens with zero attached hydrogens (tertiary/aromatic N) is 1. The summed E-state index contributed by atoms with van der Waals surface area (Å²) in [6, 6.07) is 15.2. The number of rotatable bonds is 6. The van der Waals surface area contributed by atoms with E-state index in [1.807, 2.05) is 44.2 Å². The van der Waals surface area contributed by atoms with Crippen LogP contribution in [-0.4, -0.2) is 10.8 Å². The number of nitro benzene ring substituents is 1. The molecule has 2 rings (SSSR count). The van der Waals surface area contributed by atoms with Gasteiger partial charge in [-0.05, 0) is 37.1 Å². The van der Waals surface area contributed by atoms with E-state index in [9.17, 15) is 14.9 Å². The first-order chi connectivity index (χ1) is 11.7. The van der Waals surface area contributed by atoms with Crippen LogP contribution in [0, 0.1) is 16.0 Å². The third-order valence-electron chi connectivity index (χ3n) is 4.37. The second-order valence-corrected chi connectivity index (χ2v) is 6.64. The van der Waals surface area contributed by atoms with E-state index in [1.165, 1.54) is 12.1 Å². The van der Waals surface area contributed by atoms with Gasteiger partial charge in [-0.3, -0.25) is 14.9 Å². The molecule has 0 aliphatic carbocycles. The van der Waals surface area contributed by atoms with Crippen molar-refractivity contribution in [3.8, 4) is 0 Å². The van der Waals surface area contributed by atoms with Gasteiger partial charge in [-0.1, -0.05) is 37.3 Å². The van der Waals surface area contributed by atoms with E-state index in [4.69, 9.17) is 5.73 Å².